The first-order chi connectivity index (χ1) is 27.4. The fourth-order valence-electron chi connectivity index (χ4n) is 8.09. The number of carboxylic acids is 2. The molecule has 7 rings (SSSR count). The summed E-state index contributed by atoms with van der Waals surface area (Å²) in [6.45, 7) is 12.5. The Morgan fingerprint density at radius 3 is 2.41 bits per heavy atom. The van der Waals surface area contributed by atoms with E-state index in [-0.39, 0.29) is 37.3 Å². The summed E-state index contributed by atoms with van der Waals surface area (Å²) in [5.41, 5.74) is -0.932. The zero-order chi connectivity index (χ0) is 41.7. The molecule has 4 fully saturated rings. The van der Waals surface area contributed by atoms with Crippen molar-refractivity contribution >= 4 is 57.2 Å². The average Bonchev–Trinajstić information content (AvgIpc) is 3.82. The molecule has 1 aliphatic heterocycles. The Morgan fingerprint density at radius 1 is 1.03 bits per heavy atom. The number of ether oxygens (including phenoxy) is 3. The molecule has 3 amide bonds. The lowest BCUT2D eigenvalue weighted by molar-refractivity contribution is -0.146. The first kappa shape index (κ1) is 40.7. The second kappa shape index (κ2) is 15.7. The van der Waals surface area contributed by atoms with E-state index in [1.54, 1.807) is 45.0 Å². The van der Waals surface area contributed by atoms with Crippen LogP contribution in [0.5, 0.6) is 11.5 Å². The first-order valence-corrected chi connectivity index (χ1v) is 20.5. The average molecular weight is 819 g/mol. The highest BCUT2D eigenvalue weighted by Crippen LogP contribution is 2.52. The molecule has 2 aromatic heterocycles. The highest BCUT2D eigenvalue weighted by atomic mass is 32.1. The minimum absolute atomic E-state index is 0.00367. The number of thiazole rings is 1. The number of nitrogens with zero attached hydrogens (tertiary/aromatic N) is 3. The fourth-order valence-corrected chi connectivity index (χ4v) is 8.94. The van der Waals surface area contributed by atoms with Crippen LogP contribution in [0.15, 0.2) is 42.3 Å². The molecule has 5 N–H and O–H groups in total. The van der Waals surface area contributed by atoms with Gasteiger partial charge in [-0.3, -0.25) is 9.59 Å². The van der Waals surface area contributed by atoms with Gasteiger partial charge in [-0.2, -0.15) is 0 Å². The molecule has 0 spiro atoms. The van der Waals surface area contributed by atoms with Gasteiger partial charge in [0, 0.05) is 41.3 Å². The molecule has 16 nitrogen and oxygen atoms in total. The number of carboxylic acid groups (broad SMARTS) is 2. The lowest BCUT2D eigenvalue weighted by atomic mass is 9.85. The van der Waals surface area contributed by atoms with Gasteiger partial charge in [-0.15, -0.1) is 17.9 Å². The third kappa shape index (κ3) is 8.68. The van der Waals surface area contributed by atoms with Gasteiger partial charge in [0.2, 0.25) is 11.8 Å². The Bertz CT molecular complexity index is 2120. The molecule has 2 unspecified atom stereocenters. The van der Waals surface area contributed by atoms with Crippen LogP contribution in [0.2, 0.25) is 0 Å². The molecule has 58 heavy (non-hydrogen) atoms. The molecule has 0 bridgehead atoms. The molecule has 3 aliphatic carbocycles. The Morgan fingerprint density at radius 2 is 1.78 bits per heavy atom. The van der Waals surface area contributed by atoms with Crippen LogP contribution in [0.3, 0.4) is 0 Å². The maximum atomic E-state index is 14.7. The van der Waals surface area contributed by atoms with Crippen LogP contribution in [0.4, 0.5) is 9.93 Å². The zero-order valence-electron chi connectivity index (χ0n) is 33.2. The van der Waals surface area contributed by atoms with Gasteiger partial charge in [0.05, 0.1) is 17.8 Å². The molecule has 310 valence electrons. The standard InChI is InChI=1S/C41H50N6O10S/c1-7-23-16-41(23,37(52)53)46-35(50)31-14-26(17-47(31)36(51)34(40(4,5)6)45-39(54)57-25-11-21-10-22(21)12-25)56-32-15-29(30-19-58-38(44-30)42-20(2)3)43-28-13-24(8-9-27(28)32)55-18-33(48)49/h7-9,13,15,19-23,25-26,31,34H,1,10-12,14,16-18H2,2-6H3,(H,42,44)(H,45,54)(H,46,50)(H,48,49)(H,52,53)/t21-,22+,23?,25?,26-,31+,34-,41-/m1/s1. The van der Waals surface area contributed by atoms with E-state index < -0.39 is 71.5 Å². The summed E-state index contributed by atoms with van der Waals surface area (Å²) < 4.78 is 17.9. The summed E-state index contributed by atoms with van der Waals surface area (Å²) in [7, 11) is 0. The van der Waals surface area contributed by atoms with E-state index in [2.05, 4.69) is 22.5 Å². The van der Waals surface area contributed by atoms with Gasteiger partial charge in [-0.05, 0) is 68.9 Å². The van der Waals surface area contributed by atoms with Gasteiger partial charge < -0.3 is 45.3 Å². The number of fused-ring (bicyclic) bond motifs is 2. The molecular formula is C41H50N6O10S. The second-order valence-electron chi connectivity index (χ2n) is 17.2. The Balaban J connectivity index is 1.19. The van der Waals surface area contributed by atoms with Crippen LogP contribution in [0, 0.1) is 23.2 Å². The Hall–Kier alpha value is -5.45. The van der Waals surface area contributed by atoms with E-state index >= 15 is 0 Å². The van der Waals surface area contributed by atoms with Crippen LogP contribution in [-0.2, 0) is 23.9 Å². The van der Waals surface area contributed by atoms with E-state index in [1.807, 2.05) is 19.2 Å². The van der Waals surface area contributed by atoms with Crippen molar-refractivity contribution in [3.63, 3.8) is 0 Å². The molecule has 3 heterocycles. The van der Waals surface area contributed by atoms with Gasteiger partial charge in [0.25, 0.3) is 0 Å². The minimum atomic E-state index is -1.55. The Labute approximate surface area is 339 Å². The number of hydrogen-bond acceptors (Lipinski definition) is 12. The van der Waals surface area contributed by atoms with E-state index in [9.17, 15) is 34.2 Å². The van der Waals surface area contributed by atoms with Crippen LogP contribution in [0.25, 0.3) is 22.3 Å². The van der Waals surface area contributed by atoms with Crippen LogP contribution in [0.1, 0.15) is 66.7 Å². The summed E-state index contributed by atoms with van der Waals surface area (Å²) in [5, 5.41) is 31.2. The number of rotatable bonds is 15. The smallest absolute Gasteiger partial charge is 0.408 e. The lowest BCUT2D eigenvalue weighted by Crippen LogP contribution is -2.59. The highest BCUT2D eigenvalue weighted by molar-refractivity contribution is 7.14. The molecule has 3 aromatic rings. The summed E-state index contributed by atoms with van der Waals surface area (Å²) in [5.74, 6) is -2.24. The number of benzene rings is 1. The monoisotopic (exact) mass is 818 g/mol. The zero-order valence-corrected chi connectivity index (χ0v) is 34.0. The maximum absolute atomic E-state index is 14.7. The van der Waals surface area contributed by atoms with Crippen molar-refractivity contribution in [1.29, 1.82) is 0 Å². The largest absolute Gasteiger partial charge is 0.488 e. The quantitative estimate of drug-likeness (QED) is 0.127. The van der Waals surface area contributed by atoms with E-state index in [0.717, 1.165) is 19.3 Å². The highest BCUT2D eigenvalue weighted by Gasteiger charge is 2.61. The van der Waals surface area contributed by atoms with E-state index in [1.165, 1.54) is 22.3 Å². The van der Waals surface area contributed by atoms with Crippen molar-refractivity contribution in [3.05, 3.63) is 42.3 Å². The number of anilines is 1. The summed E-state index contributed by atoms with van der Waals surface area (Å²) in [4.78, 5) is 76.6. The normalized spacial score (nSPS) is 26.3. The molecule has 3 saturated carbocycles. The molecule has 17 heteroatoms. The number of pyridine rings is 1. The van der Waals surface area contributed by atoms with Gasteiger partial charge in [-0.1, -0.05) is 26.8 Å². The minimum Gasteiger partial charge on any atom is -0.488 e. The Kier molecular flexibility index (Phi) is 11.0. The predicted molar refractivity (Wildman–Crippen MR) is 214 cm³/mol. The van der Waals surface area contributed by atoms with Crippen molar-refractivity contribution in [2.24, 2.45) is 23.2 Å². The van der Waals surface area contributed by atoms with Gasteiger partial charge in [0.1, 0.15) is 47.0 Å². The lowest BCUT2D eigenvalue weighted by Gasteiger charge is -2.35. The van der Waals surface area contributed by atoms with Crippen LogP contribution >= 0.6 is 11.3 Å². The number of aliphatic carboxylic acids is 2. The van der Waals surface area contributed by atoms with Gasteiger partial charge >= 0.3 is 18.0 Å². The SMILES string of the molecule is C=CC1C[C@]1(NC(=O)[C@@H]1C[C@@H](Oc2cc(-c3csc(NC(C)C)n3)nc3cc(OCC(=O)O)ccc23)CN1C(=O)[C@@H](NC(=O)OC1C[C@@H]2C[C@@H]2C1)C(C)(C)C)C(=O)O. The molecule has 1 aromatic carbocycles. The van der Waals surface area contributed by atoms with Gasteiger partial charge in [-0.25, -0.2) is 24.4 Å². The van der Waals surface area contributed by atoms with Crippen LogP contribution < -0.4 is 25.4 Å². The molecular weight excluding hydrogens is 769 g/mol. The first-order valence-electron chi connectivity index (χ1n) is 19.6. The van der Waals surface area contributed by atoms with Crippen molar-refractivity contribution in [3.8, 4) is 22.9 Å². The van der Waals surface area contributed by atoms with Crippen molar-refractivity contribution < 1.29 is 48.4 Å². The number of carbonyl (C=O) groups is 5. The van der Waals surface area contributed by atoms with Crippen LogP contribution in [-0.4, -0.2) is 104 Å². The molecule has 4 aliphatic rings. The van der Waals surface area contributed by atoms with E-state index in [4.69, 9.17) is 24.2 Å². The fraction of sp³-hybridized carbons (Fsp3) is 0.537. The summed E-state index contributed by atoms with van der Waals surface area (Å²) in [6, 6.07) is 4.48. The summed E-state index contributed by atoms with van der Waals surface area (Å²) >= 11 is 1.40. The predicted octanol–water partition coefficient (Wildman–Crippen LogP) is 5.08. The third-order valence-electron chi connectivity index (χ3n) is 11.3. The topological polar surface area (TPSA) is 219 Å². The molecule has 8 atom stereocenters. The molecule has 1 saturated heterocycles. The number of nitrogens with one attached hydrogen (secondary N) is 3. The number of likely N-dealkylation sites (tertiary alicyclic amines) is 1. The molecule has 0 radical (unpaired) electrons. The number of carbonyl (C=O) groups excluding carboxylic acids is 3. The number of hydrogen-bond donors (Lipinski definition) is 5. The van der Waals surface area contributed by atoms with Crippen molar-refractivity contribution in [1.82, 2.24) is 25.5 Å². The second-order valence-corrected chi connectivity index (χ2v) is 18.1. The maximum Gasteiger partial charge on any atom is 0.408 e. The van der Waals surface area contributed by atoms with Gasteiger partial charge in [0.15, 0.2) is 11.7 Å². The number of aromatic nitrogens is 2. The van der Waals surface area contributed by atoms with Crippen molar-refractivity contribution in [2.75, 3.05) is 18.5 Å². The number of alkyl carbamates (subject to hydrolysis) is 1. The summed E-state index contributed by atoms with van der Waals surface area (Å²) in [6.07, 6.45) is 2.71. The van der Waals surface area contributed by atoms with E-state index in [0.29, 0.717) is 45.0 Å². The third-order valence-corrected chi connectivity index (χ3v) is 12.1. The number of amides is 3. The van der Waals surface area contributed by atoms with Crippen molar-refractivity contribution in [2.45, 2.75) is 103 Å².